The number of hydrogen-bond acceptors (Lipinski definition) is 3. The van der Waals surface area contributed by atoms with E-state index in [0.717, 1.165) is 22.3 Å². The van der Waals surface area contributed by atoms with Crippen LogP contribution in [0.1, 0.15) is 16.1 Å². The molecular formula is C17H15N3O. The Labute approximate surface area is 122 Å². The molecule has 1 amide bonds. The lowest BCUT2D eigenvalue weighted by Gasteiger charge is -2.12. The van der Waals surface area contributed by atoms with Gasteiger partial charge in [-0.25, -0.2) is 0 Å². The number of anilines is 1. The van der Waals surface area contributed by atoms with Crippen LogP contribution in [0.3, 0.4) is 0 Å². The molecule has 1 aromatic heterocycles. The molecule has 0 aliphatic rings. The summed E-state index contributed by atoms with van der Waals surface area (Å²) >= 11 is 0. The standard InChI is InChI=1S/C17H15N3O/c1-12-11-16(14-9-5-6-10-15(14)18-12)19-20-17(21)13-7-3-2-4-8-13/h2-11H,1H3,(H,18,19)(H,20,21). The van der Waals surface area contributed by atoms with Crippen molar-refractivity contribution in [2.45, 2.75) is 6.92 Å². The van der Waals surface area contributed by atoms with E-state index < -0.39 is 0 Å². The van der Waals surface area contributed by atoms with Crippen LogP contribution in [-0.2, 0) is 0 Å². The van der Waals surface area contributed by atoms with Gasteiger partial charge in [0.05, 0.1) is 11.2 Å². The third kappa shape index (κ3) is 2.84. The zero-order valence-electron chi connectivity index (χ0n) is 11.6. The zero-order chi connectivity index (χ0) is 14.7. The Hall–Kier alpha value is -2.88. The van der Waals surface area contributed by atoms with Crippen LogP contribution in [0.5, 0.6) is 0 Å². The maximum atomic E-state index is 12.0. The first-order valence-corrected chi connectivity index (χ1v) is 6.72. The van der Waals surface area contributed by atoms with Crippen molar-refractivity contribution >= 4 is 22.5 Å². The number of nitrogens with zero attached hydrogens (tertiary/aromatic N) is 1. The molecule has 0 fully saturated rings. The molecule has 0 radical (unpaired) electrons. The fourth-order valence-electron chi connectivity index (χ4n) is 2.20. The number of amides is 1. The summed E-state index contributed by atoms with van der Waals surface area (Å²) < 4.78 is 0. The zero-order valence-corrected chi connectivity index (χ0v) is 11.6. The molecular weight excluding hydrogens is 262 g/mol. The normalized spacial score (nSPS) is 10.3. The van der Waals surface area contributed by atoms with Crippen LogP contribution < -0.4 is 10.9 Å². The SMILES string of the molecule is Cc1cc(NNC(=O)c2ccccc2)c2ccccc2n1. The molecule has 2 aromatic carbocycles. The van der Waals surface area contributed by atoms with E-state index in [1.54, 1.807) is 12.1 Å². The average molecular weight is 277 g/mol. The molecule has 3 aromatic rings. The highest BCUT2D eigenvalue weighted by atomic mass is 16.2. The number of aryl methyl sites for hydroxylation is 1. The van der Waals surface area contributed by atoms with E-state index in [9.17, 15) is 4.79 Å². The molecule has 1 heterocycles. The number of aromatic nitrogens is 1. The number of rotatable bonds is 3. The van der Waals surface area contributed by atoms with Crippen LogP contribution in [0.4, 0.5) is 5.69 Å². The van der Waals surface area contributed by atoms with Crippen LogP contribution in [-0.4, -0.2) is 10.9 Å². The Kier molecular flexibility index (Phi) is 3.51. The predicted molar refractivity (Wildman–Crippen MR) is 84.0 cm³/mol. The highest BCUT2D eigenvalue weighted by Crippen LogP contribution is 2.22. The van der Waals surface area contributed by atoms with Gasteiger partial charge in [0, 0.05) is 16.6 Å². The Morgan fingerprint density at radius 2 is 1.71 bits per heavy atom. The average Bonchev–Trinajstić information content (AvgIpc) is 2.53. The van der Waals surface area contributed by atoms with E-state index in [2.05, 4.69) is 15.8 Å². The predicted octanol–water partition coefficient (Wildman–Crippen LogP) is 3.30. The second kappa shape index (κ2) is 5.63. The van der Waals surface area contributed by atoms with Crippen molar-refractivity contribution in [2.75, 3.05) is 5.43 Å². The van der Waals surface area contributed by atoms with Crippen molar-refractivity contribution in [1.29, 1.82) is 0 Å². The van der Waals surface area contributed by atoms with Crippen molar-refractivity contribution in [3.05, 3.63) is 71.9 Å². The van der Waals surface area contributed by atoms with Gasteiger partial charge in [-0.05, 0) is 31.2 Å². The van der Waals surface area contributed by atoms with Gasteiger partial charge in [0.25, 0.3) is 5.91 Å². The number of para-hydroxylation sites is 1. The highest BCUT2D eigenvalue weighted by Gasteiger charge is 2.06. The molecule has 0 spiro atoms. The lowest BCUT2D eigenvalue weighted by Crippen LogP contribution is -2.29. The second-order valence-electron chi connectivity index (χ2n) is 4.77. The molecule has 0 unspecified atom stereocenters. The van der Waals surface area contributed by atoms with Gasteiger partial charge in [0.15, 0.2) is 0 Å². The number of benzene rings is 2. The molecule has 21 heavy (non-hydrogen) atoms. The van der Waals surface area contributed by atoms with Gasteiger partial charge in [-0.15, -0.1) is 0 Å². The van der Waals surface area contributed by atoms with Gasteiger partial charge < -0.3 is 0 Å². The van der Waals surface area contributed by atoms with Crippen molar-refractivity contribution in [3.8, 4) is 0 Å². The third-order valence-electron chi connectivity index (χ3n) is 3.19. The smallest absolute Gasteiger partial charge is 0.269 e. The van der Waals surface area contributed by atoms with Crippen LogP contribution in [0.25, 0.3) is 10.9 Å². The number of carbonyl (C=O) groups excluding carboxylic acids is 1. The van der Waals surface area contributed by atoms with Crippen molar-refractivity contribution in [3.63, 3.8) is 0 Å². The molecule has 2 N–H and O–H groups in total. The fourth-order valence-corrected chi connectivity index (χ4v) is 2.20. The van der Waals surface area contributed by atoms with Crippen molar-refractivity contribution in [2.24, 2.45) is 0 Å². The molecule has 4 nitrogen and oxygen atoms in total. The Bertz CT molecular complexity index is 784. The summed E-state index contributed by atoms with van der Waals surface area (Å²) in [6, 6.07) is 18.8. The van der Waals surface area contributed by atoms with E-state index in [4.69, 9.17) is 0 Å². The van der Waals surface area contributed by atoms with Crippen molar-refractivity contribution < 1.29 is 4.79 Å². The molecule has 0 atom stereocenters. The first kappa shape index (κ1) is 13.1. The molecule has 104 valence electrons. The topological polar surface area (TPSA) is 54.0 Å². The van der Waals surface area contributed by atoms with Crippen molar-refractivity contribution in [1.82, 2.24) is 10.4 Å². The summed E-state index contributed by atoms with van der Waals surface area (Å²) in [7, 11) is 0. The number of carbonyl (C=O) groups is 1. The monoisotopic (exact) mass is 277 g/mol. The lowest BCUT2D eigenvalue weighted by molar-refractivity contribution is 0.0962. The number of pyridine rings is 1. The number of fused-ring (bicyclic) bond motifs is 1. The van der Waals surface area contributed by atoms with E-state index in [-0.39, 0.29) is 5.91 Å². The van der Waals surface area contributed by atoms with Gasteiger partial charge in [-0.3, -0.25) is 20.6 Å². The summed E-state index contributed by atoms with van der Waals surface area (Å²) in [6.45, 7) is 1.93. The Balaban J connectivity index is 1.84. The van der Waals surface area contributed by atoms with Gasteiger partial charge in [-0.2, -0.15) is 0 Å². The van der Waals surface area contributed by atoms with Gasteiger partial charge >= 0.3 is 0 Å². The molecule has 0 aliphatic heterocycles. The summed E-state index contributed by atoms with van der Waals surface area (Å²) in [6.07, 6.45) is 0. The fraction of sp³-hybridized carbons (Fsp3) is 0.0588. The van der Waals surface area contributed by atoms with Crippen LogP contribution >= 0.6 is 0 Å². The summed E-state index contributed by atoms with van der Waals surface area (Å²) in [5, 5.41) is 0.969. The maximum absolute atomic E-state index is 12.0. The molecule has 0 saturated heterocycles. The first-order chi connectivity index (χ1) is 10.2. The van der Waals surface area contributed by atoms with E-state index >= 15 is 0 Å². The number of nitrogens with one attached hydrogen (secondary N) is 2. The minimum absolute atomic E-state index is 0.172. The largest absolute Gasteiger partial charge is 0.298 e. The molecule has 0 saturated carbocycles. The van der Waals surface area contributed by atoms with E-state index in [1.807, 2.05) is 55.5 Å². The van der Waals surface area contributed by atoms with Crippen LogP contribution in [0.2, 0.25) is 0 Å². The lowest BCUT2D eigenvalue weighted by atomic mass is 10.1. The van der Waals surface area contributed by atoms with Gasteiger partial charge in [-0.1, -0.05) is 36.4 Å². The Morgan fingerprint density at radius 3 is 2.52 bits per heavy atom. The van der Waals surface area contributed by atoms with E-state index in [0.29, 0.717) is 5.56 Å². The molecule has 0 bridgehead atoms. The summed E-state index contributed by atoms with van der Waals surface area (Å²) in [4.78, 5) is 16.5. The minimum Gasteiger partial charge on any atom is -0.298 e. The quantitative estimate of drug-likeness (QED) is 0.722. The maximum Gasteiger partial charge on any atom is 0.269 e. The minimum atomic E-state index is -0.172. The summed E-state index contributed by atoms with van der Waals surface area (Å²) in [5.74, 6) is -0.172. The number of hydrazine groups is 1. The molecule has 4 heteroatoms. The third-order valence-corrected chi connectivity index (χ3v) is 3.19. The van der Waals surface area contributed by atoms with Crippen LogP contribution in [0.15, 0.2) is 60.7 Å². The summed E-state index contributed by atoms with van der Waals surface area (Å²) in [5.41, 5.74) is 8.94. The Morgan fingerprint density at radius 1 is 1.00 bits per heavy atom. The second-order valence-corrected chi connectivity index (χ2v) is 4.77. The highest BCUT2D eigenvalue weighted by molar-refractivity contribution is 5.97. The number of hydrogen-bond donors (Lipinski definition) is 2. The van der Waals surface area contributed by atoms with Gasteiger partial charge in [0.2, 0.25) is 0 Å². The molecule has 0 aliphatic carbocycles. The first-order valence-electron chi connectivity index (χ1n) is 6.72. The molecule has 3 rings (SSSR count). The van der Waals surface area contributed by atoms with Gasteiger partial charge in [0.1, 0.15) is 0 Å². The van der Waals surface area contributed by atoms with Crippen LogP contribution in [0, 0.1) is 6.92 Å². The van der Waals surface area contributed by atoms with E-state index in [1.165, 1.54) is 0 Å².